The molecule has 0 aliphatic carbocycles. The van der Waals surface area contributed by atoms with Crippen molar-refractivity contribution >= 4 is 34.3 Å². The lowest BCUT2D eigenvalue weighted by molar-refractivity contribution is -0.132. The molecular weight excluding hydrogens is 683 g/mol. The molecule has 1 saturated heterocycles. The Morgan fingerprint density at radius 3 is 2.62 bits per heavy atom. The molecule has 276 valence electrons. The number of nitrogens with zero attached hydrogens (tertiary/aromatic N) is 3. The number of hydrogen-bond donors (Lipinski definition) is 4. The van der Waals surface area contributed by atoms with Gasteiger partial charge in [-0.2, -0.15) is 0 Å². The molecule has 0 spiro atoms. The smallest absolute Gasteiger partial charge is 0.308 e. The first-order valence-corrected chi connectivity index (χ1v) is 18.9. The van der Waals surface area contributed by atoms with Crippen LogP contribution in [0.1, 0.15) is 75.8 Å². The van der Waals surface area contributed by atoms with Crippen LogP contribution in [0.15, 0.2) is 30.3 Å². The minimum atomic E-state index is -0.490. The second-order valence-electron chi connectivity index (χ2n) is 14.5. The van der Waals surface area contributed by atoms with E-state index in [1.807, 2.05) is 39.1 Å². The number of phenols is 1. The van der Waals surface area contributed by atoms with E-state index in [9.17, 15) is 15.0 Å². The fourth-order valence-corrected chi connectivity index (χ4v) is 10.9. The fraction of sp³-hybridized carbons (Fsp3) is 0.462. The number of aliphatic hydroxyl groups excluding tert-OH is 1. The number of carbonyl (C=O) groups is 1. The Morgan fingerprint density at radius 1 is 1.08 bits per heavy atom. The van der Waals surface area contributed by atoms with E-state index in [1.54, 1.807) is 18.9 Å². The van der Waals surface area contributed by atoms with Gasteiger partial charge in [0.1, 0.15) is 5.75 Å². The van der Waals surface area contributed by atoms with Gasteiger partial charge in [0.2, 0.25) is 6.79 Å². The van der Waals surface area contributed by atoms with Crippen LogP contribution >= 0.6 is 11.8 Å². The Balaban J connectivity index is 1.32. The number of aryl methyl sites for hydroxylation is 2. The molecular formula is C39H47N5O7S. The number of aromatic amines is 1. The predicted molar refractivity (Wildman–Crippen MR) is 200 cm³/mol. The van der Waals surface area contributed by atoms with E-state index in [0.717, 1.165) is 52.8 Å². The molecule has 0 saturated carbocycles. The lowest BCUT2D eigenvalue weighted by atomic mass is 9.81. The van der Waals surface area contributed by atoms with Gasteiger partial charge in [0.15, 0.2) is 23.0 Å². The van der Waals surface area contributed by atoms with Crippen molar-refractivity contribution in [3.8, 4) is 28.7 Å². The van der Waals surface area contributed by atoms with Crippen LogP contribution in [0.25, 0.3) is 10.9 Å². The zero-order valence-electron chi connectivity index (χ0n) is 30.5. The van der Waals surface area contributed by atoms with E-state index >= 15 is 0 Å². The number of benzene rings is 3. The molecule has 52 heavy (non-hydrogen) atoms. The van der Waals surface area contributed by atoms with E-state index < -0.39 is 12.0 Å². The summed E-state index contributed by atoms with van der Waals surface area (Å²) in [4.78, 5) is 23.5. The lowest BCUT2D eigenvalue weighted by Crippen LogP contribution is -2.45. The zero-order chi connectivity index (χ0) is 36.6. The maximum atomic E-state index is 12.8. The number of methoxy groups -OCH3 is 1. The number of ether oxygens (including phenoxy) is 4. The monoisotopic (exact) mass is 729 g/mol. The first-order valence-electron chi connectivity index (χ1n) is 17.8. The maximum absolute atomic E-state index is 12.8. The Morgan fingerprint density at radius 2 is 1.87 bits per heavy atom. The van der Waals surface area contributed by atoms with Crippen LogP contribution in [0.3, 0.4) is 0 Å². The van der Waals surface area contributed by atoms with Gasteiger partial charge in [0, 0.05) is 63.3 Å². The number of rotatable bonds is 7. The molecule has 0 amide bonds. The lowest BCUT2D eigenvalue weighted by Gasteiger charge is -2.45. The largest absolute Gasteiger partial charge is 0.504 e. The van der Waals surface area contributed by atoms with Gasteiger partial charge in [-0.3, -0.25) is 19.5 Å². The van der Waals surface area contributed by atoms with Crippen molar-refractivity contribution in [1.82, 2.24) is 19.7 Å². The molecule has 5 N–H and O–H groups in total. The number of aromatic nitrogens is 1. The number of hydrogen-bond acceptors (Lipinski definition) is 12. The van der Waals surface area contributed by atoms with Crippen LogP contribution in [0.2, 0.25) is 0 Å². The van der Waals surface area contributed by atoms with Crippen LogP contribution in [0, 0.1) is 13.8 Å². The van der Waals surface area contributed by atoms with Crippen LogP contribution in [0.4, 0.5) is 5.69 Å². The minimum absolute atomic E-state index is 0.0334. The molecule has 4 aliphatic rings. The van der Waals surface area contributed by atoms with Crippen molar-refractivity contribution < 1.29 is 34.0 Å². The van der Waals surface area contributed by atoms with E-state index in [-0.39, 0.29) is 42.5 Å². The number of aromatic hydroxyl groups is 1. The highest BCUT2D eigenvalue weighted by Crippen LogP contribution is 2.62. The number of thioether (sulfide) groups is 1. The van der Waals surface area contributed by atoms with Gasteiger partial charge in [-0.25, -0.2) is 0 Å². The predicted octanol–water partition coefficient (Wildman–Crippen LogP) is 5.49. The number of likely N-dealkylation sites (N-methyl/N-ethyl adjacent to an activating group) is 1. The summed E-state index contributed by atoms with van der Waals surface area (Å²) < 4.78 is 24.0. The van der Waals surface area contributed by atoms with Crippen molar-refractivity contribution in [2.75, 3.05) is 59.3 Å². The summed E-state index contributed by atoms with van der Waals surface area (Å²) in [7, 11) is 5.79. The van der Waals surface area contributed by atoms with Crippen LogP contribution in [0.5, 0.6) is 28.7 Å². The topological polar surface area (TPSA) is 146 Å². The van der Waals surface area contributed by atoms with Crippen molar-refractivity contribution in [3.05, 3.63) is 69.4 Å². The summed E-state index contributed by atoms with van der Waals surface area (Å²) in [5.74, 6) is 2.36. The van der Waals surface area contributed by atoms with Crippen molar-refractivity contribution in [1.29, 1.82) is 0 Å². The summed E-state index contributed by atoms with van der Waals surface area (Å²) in [6.45, 7) is 6.49. The number of phenolic OH excluding ortho intramolecular Hbond substituents is 1. The second kappa shape index (κ2) is 13.4. The van der Waals surface area contributed by atoms with Crippen LogP contribution < -0.4 is 24.7 Å². The van der Waals surface area contributed by atoms with Gasteiger partial charge >= 0.3 is 5.97 Å². The molecule has 5 unspecified atom stereocenters. The number of esters is 1. The van der Waals surface area contributed by atoms with Gasteiger partial charge in [-0.1, -0.05) is 12.1 Å². The first-order chi connectivity index (χ1) is 25.0. The summed E-state index contributed by atoms with van der Waals surface area (Å²) in [6, 6.07) is 9.01. The van der Waals surface area contributed by atoms with E-state index in [0.29, 0.717) is 41.0 Å². The number of nitrogens with two attached hydrogens (primary N) is 1. The molecule has 13 heteroatoms. The number of carbonyl (C=O) groups excluding carboxylic acids is 1. The third kappa shape index (κ3) is 5.39. The normalized spacial score (nSPS) is 24.4. The quantitative estimate of drug-likeness (QED) is 0.108. The molecule has 5 heterocycles. The second-order valence-corrected chi connectivity index (χ2v) is 15.7. The van der Waals surface area contributed by atoms with Crippen molar-refractivity contribution in [2.24, 2.45) is 0 Å². The van der Waals surface area contributed by atoms with Gasteiger partial charge in [-0.15, -0.1) is 11.8 Å². The van der Waals surface area contributed by atoms with E-state index in [4.69, 9.17) is 24.7 Å². The Kier molecular flexibility index (Phi) is 8.98. The minimum Gasteiger partial charge on any atom is -0.504 e. The standard InChI is InChI=1S/C39H47N5O7S/c1-19-9-11-24(34(47)35(19)48-6)32-33-39(52-16-28-31-23(8-7-13-42(28)4)25-14-22(40)10-12-26(25)41-31)30-29(27(15-45)44(33)17-43(32)5)38-37(49-18-50-38)20(2)36(30)51-21(3)46/h9-12,14,27-28,32-33,39,41,45,47H,7-8,13,15-18,40H2,1-6H3. The molecule has 4 aromatic rings. The van der Waals surface area contributed by atoms with Gasteiger partial charge in [0.25, 0.3) is 0 Å². The molecule has 8 rings (SSSR count). The number of nitrogens with one attached hydrogen (secondary N) is 1. The van der Waals surface area contributed by atoms with Crippen LogP contribution in [-0.2, 0) is 11.2 Å². The molecule has 3 aromatic carbocycles. The third-order valence-electron chi connectivity index (χ3n) is 11.5. The Labute approximate surface area is 307 Å². The summed E-state index contributed by atoms with van der Waals surface area (Å²) in [6.07, 6.45) is 1.97. The van der Waals surface area contributed by atoms with Crippen molar-refractivity contribution in [2.45, 2.75) is 63.0 Å². The number of anilines is 1. The highest BCUT2D eigenvalue weighted by atomic mass is 32.2. The highest BCUT2D eigenvalue weighted by molar-refractivity contribution is 7.99. The summed E-state index contributed by atoms with van der Waals surface area (Å²) >= 11 is 1.80. The highest BCUT2D eigenvalue weighted by Gasteiger charge is 2.55. The van der Waals surface area contributed by atoms with Gasteiger partial charge in [-0.05, 0) is 76.7 Å². The average molecular weight is 730 g/mol. The molecule has 1 aromatic heterocycles. The first kappa shape index (κ1) is 34.9. The Bertz CT molecular complexity index is 2070. The summed E-state index contributed by atoms with van der Waals surface area (Å²) in [5.41, 5.74) is 14.4. The number of H-pyrrole nitrogens is 1. The molecule has 0 radical (unpaired) electrons. The average Bonchev–Trinajstić information content (AvgIpc) is 3.80. The molecule has 0 bridgehead atoms. The van der Waals surface area contributed by atoms with Gasteiger partial charge in [0.05, 0.1) is 43.8 Å². The van der Waals surface area contributed by atoms with E-state index in [1.165, 1.54) is 23.6 Å². The maximum Gasteiger partial charge on any atom is 0.308 e. The van der Waals surface area contributed by atoms with E-state index in [2.05, 4.69) is 38.9 Å². The third-order valence-corrected chi connectivity index (χ3v) is 12.9. The van der Waals surface area contributed by atoms with Crippen LogP contribution in [-0.4, -0.2) is 95.5 Å². The number of nitrogen functional groups attached to an aromatic ring is 1. The molecule has 1 fully saturated rings. The molecule has 4 aliphatic heterocycles. The fourth-order valence-electron chi connectivity index (χ4n) is 9.17. The summed E-state index contributed by atoms with van der Waals surface area (Å²) in [5, 5.41) is 23.8. The number of aliphatic hydroxyl groups is 1. The Hall–Kier alpha value is -4.14. The van der Waals surface area contributed by atoms with Gasteiger partial charge < -0.3 is 39.9 Å². The zero-order valence-corrected chi connectivity index (χ0v) is 31.3. The molecule has 5 atom stereocenters. The SMILES string of the molecule is COc1c(C)ccc(C2C3C(SCC4c5[nH]c6ccc(N)cc6c5CCCN4C)c4c(OC(C)=O)c(C)c5c(c4C(CO)N3CN2C)OCO5)c1O. The molecule has 12 nitrogen and oxygen atoms in total. The van der Waals surface area contributed by atoms with Crippen molar-refractivity contribution in [3.63, 3.8) is 0 Å². The number of fused-ring (bicyclic) bond motifs is 7.